The summed E-state index contributed by atoms with van der Waals surface area (Å²) < 4.78 is 4.61. The molecular formula is C4H8N4O. The van der Waals surface area contributed by atoms with Crippen LogP contribution in [0.25, 0.3) is 0 Å². The van der Waals surface area contributed by atoms with Crippen LogP contribution < -0.4 is 11.3 Å². The molecule has 0 radical (unpaired) electrons. The number of hydrazine groups is 1. The normalized spacial score (nSPS) is 9.56. The van der Waals surface area contributed by atoms with E-state index in [-0.39, 0.29) is 6.01 Å². The fourth-order valence-corrected chi connectivity index (χ4v) is 0.456. The lowest BCUT2D eigenvalue weighted by molar-refractivity contribution is 0.423. The van der Waals surface area contributed by atoms with E-state index in [0.717, 1.165) is 6.42 Å². The fourth-order valence-electron chi connectivity index (χ4n) is 0.456. The summed E-state index contributed by atoms with van der Waals surface area (Å²) >= 11 is 0. The van der Waals surface area contributed by atoms with Crippen LogP contribution in [0.5, 0.6) is 0 Å². The fraction of sp³-hybridized carbons (Fsp3) is 0.500. The number of hydrogen-bond acceptors (Lipinski definition) is 5. The van der Waals surface area contributed by atoms with E-state index < -0.39 is 0 Å². The Morgan fingerprint density at radius 1 is 1.78 bits per heavy atom. The van der Waals surface area contributed by atoms with Crippen molar-refractivity contribution in [3.05, 3.63) is 5.82 Å². The Morgan fingerprint density at radius 3 is 2.89 bits per heavy atom. The molecule has 50 valence electrons. The maximum absolute atomic E-state index is 4.97. The van der Waals surface area contributed by atoms with Gasteiger partial charge in [-0.3, -0.25) is 5.43 Å². The Labute approximate surface area is 52.2 Å². The topological polar surface area (TPSA) is 77.0 Å². The molecule has 1 rings (SSSR count). The van der Waals surface area contributed by atoms with Crippen molar-refractivity contribution in [2.75, 3.05) is 5.43 Å². The van der Waals surface area contributed by atoms with Crippen LogP contribution in [-0.4, -0.2) is 10.1 Å². The monoisotopic (exact) mass is 128 g/mol. The molecule has 9 heavy (non-hydrogen) atoms. The summed E-state index contributed by atoms with van der Waals surface area (Å²) in [6.07, 6.45) is 0.755. The van der Waals surface area contributed by atoms with Gasteiger partial charge in [0.15, 0.2) is 5.82 Å². The van der Waals surface area contributed by atoms with Crippen molar-refractivity contribution in [1.82, 2.24) is 10.1 Å². The molecule has 0 unspecified atom stereocenters. The first kappa shape index (κ1) is 6.03. The van der Waals surface area contributed by atoms with Crippen LogP contribution in [0, 0.1) is 0 Å². The molecule has 0 fully saturated rings. The number of nitrogens with two attached hydrogens (primary N) is 1. The third-order valence-corrected chi connectivity index (χ3v) is 0.908. The lowest BCUT2D eigenvalue weighted by Crippen LogP contribution is -2.06. The van der Waals surface area contributed by atoms with Crippen LogP contribution in [0.3, 0.4) is 0 Å². The van der Waals surface area contributed by atoms with Gasteiger partial charge in [-0.2, -0.15) is 4.98 Å². The molecule has 0 amide bonds. The third kappa shape index (κ3) is 1.17. The standard InChI is InChI=1S/C4H8N4O/c1-2-3-6-4(7-5)9-8-3/h2,5H2,1H3,(H,6,7,8). The van der Waals surface area contributed by atoms with E-state index in [4.69, 9.17) is 5.84 Å². The number of nitrogens with zero attached hydrogens (tertiary/aromatic N) is 2. The van der Waals surface area contributed by atoms with Gasteiger partial charge in [0.05, 0.1) is 0 Å². The molecule has 1 heterocycles. The lowest BCUT2D eigenvalue weighted by atomic mass is 10.5. The second kappa shape index (κ2) is 2.45. The van der Waals surface area contributed by atoms with Gasteiger partial charge < -0.3 is 4.52 Å². The molecule has 1 aromatic heterocycles. The number of aromatic nitrogens is 2. The Bertz CT molecular complexity index is 166. The van der Waals surface area contributed by atoms with Gasteiger partial charge in [0, 0.05) is 6.42 Å². The van der Waals surface area contributed by atoms with Gasteiger partial charge >= 0.3 is 6.01 Å². The van der Waals surface area contributed by atoms with Gasteiger partial charge in [-0.1, -0.05) is 12.1 Å². The smallest absolute Gasteiger partial charge is 0.314 e. The highest BCUT2D eigenvalue weighted by Gasteiger charge is 1.99. The van der Waals surface area contributed by atoms with Crippen molar-refractivity contribution in [2.45, 2.75) is 13.3 Å². The average Bonchev–Trinajstić information content (AvgIpc) is 2.34. The van der Waals surface area contributed by atoms with Crippen molar-refractivity contribution >= 4 is 6.01 Å². The lowest BCUT2D eigenvalue weighted by Gasteiger charge is -1.82. The summed E-state index contributed by atoms with van der Waals surface area (Å²) in [5, 5.41) is 3.58. The summed E-state index contributed by atoms with van der Waals surface area (Å²) in [5.41, 5.74) is 2.24. The van der Waals surface area contributed by atoms with Crippen molar-refractivity contribution in [3.63, 3.8) is 0 Å². The molecule has 5 nitrogen and oxygen atoms in total. The van der Waals surface area contributed by atoms with E-state index in [1.54, 1.807) is 0 Å². The molecule has 0 atom stereocenters. The minimum absolute atomic E-state index is 0.256. The van der Waals surface area contributed by atoms with Gasteiger partial charge in [-0.25, -0.2) is 5.84 Å². The summed E-state index contributed by atoms with van der Waals surface area (Å²) in [6, 6.07) is 0.256. The van der Waals surface area contributed by atoms with E-state index in [1.807, 2.05) is 6.92 Å². The van der Waals surface area contributed by atoms with Gasteiger partial charge in [-0.05, 0) is 0 Å². The summed E-state index contributed by atoms with van der Waals surface area (Å²) in [5.74, 6) is 5.63. The Hall–Kier alpha value is -1.10. The van der Waals surface area contributed by atoms with Gasteiger partial charge in [0.2, 0.25) is 0 Å². The Balaban J connectivity index is 2.74. The minimum Gasteiger partial charge on any atom is -0.314 e. The molecule has 5 heteroatoms. The molecule has 0 aliphatic carbocycles. The number of nitrogen functional groups attached to an aromatic ring is 1. The molecule has 0 spiro atoms. The number of anilines is 1. The Morgan fingerprint density at radius 2 is 2.56 bits per heavy atom. The highest BCUT2D eigenvalue weighted by Crippen LogP contribution is 1.99. The minimum atomic E-state index is 0.256. The first-order valence-electron chi connectivity index (χ1n) is 2.66. The van der Waals surface area contributed by atoms with Crippen LogP contribution in [0.2, 0.25) is 0 Å². The average molecular weight is 128 g/mol. The molecule has 0 bridgehead atoms. The molecule has 0 saturated heterocycles. The van der Waals surface area contributed by atoms with E-state index in [2.05, 4.69) is 20.1 Å². The van der Waals surface area contributed by atoms with E-state index in [9.17, 15) is 0 Å². The van der Waals surface area contributed by atoms with Crippen LogP contribution in [0.4, 0.5) is 6.01 Å². The van der Waals surface area contributed by atoms with Crippen molar-refractivity contribution in [1.29, 1.82) is 0 Å². The zero-order valence-corrected chi connectivity index (χ0v) is 5.09. The van der Waals surface area contributed by atoms with E-state index in [0.29, 0.717) is 5.82 Å². The maximum Gasteiger partial charge on any atom is 0.335 e. The SMILES string of the molecule is CCc1noc(NN)n1. The summed E-state index contributed by atoms with van der Waals surface area (Å²) in [7, 11) is 0. The number of rotatable bonds is 2. The molecule has 0 aliphatic rings. The quantitative estimate of drug-likeness (QED) is 0.430. The van der Waals surface area contributed by atoms with Gasteiger partial charge in [0.25, 0.3) is 0 Å². The largest absolute Gasteiger partial charge is 0.335 e. The number of nitrogens with one attached hydrogen (secondary N) is 1. The summed E-state index contributed by atoms with van der Waals surface area (Å²) in [4.78, 5) is 3.83. The van der Waals surface area contributed by atoms with Crippen molar-refractivity contribution in [3.8, 4) is 0 Å². The molecule has 0 aromatic carbocycles. The first-order valence-corrected chi connectivity index (χ1v) is 2.66. The summed E-state index contributed by atoms with van der Waals surface area (Å²) in [6.45, 7) is 1.94. The first-order chi connectivity index (χ1) is 4.36. The van der Waals surface area contributed by atoms with E-state index in [1.165, 1.54) is 0 Å². The molecule has 3 N–H and O–H groups in total. The second-order valence-corrected chi connectivity index (χ2v) is 1.51. The van der Waals surface area contributed by atoms with Crippen molar-refractivity contribution < 1.29 is 4.52 Å². The predicted molar refractivity (Wildman–Crippen MR) is 31.5 cm³/mol. The highest BCUT2D eigenvalue weighted by molar-refractivity contribution is 5.14. The van der Waals surface area contributed by atoms with Gasteiger partial charge in [-0.15, -0.1) is 0 Å². The van der Waals surface area contributed by atoms with Crippen LogP contribution in [-0.2, 0) is 6.42 Å². The Kier molecular flexibility index (Phi) is 1.64. The molecule has 0 saturated carbocycles. The zero-order chi connectivity index (χ0) is 6.69. The van der Waals surface area contributed by atoms with Gasteiger partial charge in [0.1, 0.15) is 0 Å². The molecular weight excluding hydrogens is 120 g/mol. The second-order valence-electron chi connectivity index (χ2n) is 1.51. The highest BCUT2D eigenvalue weighted by atomic mass is 16.5. The maximum atomic E-state index is 4.97. The van der Waals surface area contributed by atoms with E-state index >= 15 is 0 Å². The molecule has 0 aliphatic heterocycles. The zero-order valence-electron chi connectivity index (χ0n) is 5.09. The number of hydrogen-bond donors (Lipinski definition) is 2. The molecule has 1 aromatic rings. The predicted octanol–water partition coefficient (Wildman–Crippen LogP) is -0.0824. The van der Waals surface area contributed by atoms with Crippen molar-refractivity contribution in [2.24, 2.45) is 5.84 Å². The number of aryl methyl sites for hydroxylation is 1. The third-order valence-electron chi connectivity index (χ3n) is 0.908. The van der Waals surface area contributed by atoms with Crippen LogP contribution in [0.1, 0.15) is 12.7 Å². The van der Waals surface area contributed by atoms with Crippen LogP contribution in [0.15, 0.2) is 4.52 Å². The van der Waals surface area contributed by atoms with Crippen LogP contribution >= 0.6 is 0 Å².